The van der Waals surface area contributed by atoms with Crippen molar-refractivity contribution in [1.29, 1.82) is 0 Å². The number of azo groups is 1. The van der Waals surface area contributed by atoms with E-state index < -0.39 is 10.1 Å². The van der Waals surface area contributed by atoms with Crippen LogP contribution in [0.1, 0.15) is 0 Å². The highest BCUT2D eigenvalue weighted by Crippen LogP contribution is 2.27. The molecule has 4 N–H and O–H groups in total. The van der Waals surface area contributed by atoms with E-state index >= 15 is 0 Å². The Morgan fingerprint density at radius 1 is 1.00 bits per heavy atom. The van der Waals surface area contributed by atoms with Gasteiger partial charge in [-0.25, -0.2) is 0 Å². The second-order valence-electron chi connectivity index (χ2n) is 3.92. The van der Waals surface area contributed by atoms with Crippen molar-refractivity contribution < 1.29 is 18.1 Å². The fourth-order valence-corrected chi connectivity index (χ4v) is 1.94. The fourth-order valence-electron chi connectivity index (χ4n) is 1.42. The number of nitrogen functional groups attached to an aromatic ring is 1. The molecule has 0 aliphatic carbocycles. The van der Waals surface area contributed by atoms with Crippen molar-refractivity contribution in [2.24, 2.45) is 10.2 Å². The summed E-state index contributed by atoms with van der Waals surface area (Å²) in [5.41, 5.74) is 6.27. The Balaban J connectivity index is 2.30. The van der Waals surface area contributed by atoms with E-state index in [-0.39, 0.29) is 22.0 Å². The van der Waals surface area contributed by atoms with Crippen molar-refractivity contribution in [1.82, 2.24) is 0 Å². The van der Waals surface area contributed by atoms with E-state index in [2.05, 4.69) is 10.2 Å². The van der Waals surface area contributed by atoms with Gasteiger partial charge in [0.05, 0.1) is 22.0 Å². The first-order valence-corrected chi connectivity index (χ1v) is 6.88. The maximum Gasteiger partial charge on any atom is 0.294 e. The van der Waals surface area contributed by atoms with E-state index in [1.54, 1.807) is 6.07 Å². The molecule has 0 aliphatic rings. The molecule has 7 nitrogen and oxygen atoms in total. The molecule has 0 unspecified atom stereocenters. The predicted octanol–water partition coefficient (Wildman–Crippen LogP) is 2.64. The lowest BCUT2D eigenvalue weighted by atomic mass is 10.3. The third kappa shape index (κ3) is 3.31. The quantitative estimate of drug-likeness (QED) is 0.347. The highest BCUT2D eigenvalue weighted by Gasteiger charge is 2.09. The zero-order valence-corrected chi connectivity index (χ0v) is 10.9. The second kappa shape index (κ2) is 5.27. The lowest BCUT2D eigenvalue weighted by molar-refractivity contribution is 0.478. The number of hydrogen-bond acceptors (Lipinski definition) is 6. The highest BCUT2D eigenvalue weighted by molar-refractivity contribution is 7.85. The number of hydrogen-bond donors (Lipinski definition) is 3. The molecular weight excluding hydrogens is 282 g/mol. The molecule has 104 valence electrons. The molecule has 8 heteroatoms. The van der Waals surface area contributed by atoms with Crippen LogP contribution in [0.15, 0.2) is 57.6 Å². The van der Waals surface area contributed by atoms with E-state index in [1.165, 1.54) is 36.4 Å². The molecule has 2 aromatic rings. The summed E-state index contributed by atoms with van der Waals surface area (Å²) in [6, 6.07) is 9.71. The number of anilines is 1. The molecule has 0 saturated heterocycles. The van der Waals surface area contributed by atoms with Crippen LogP contribution in [0, 0.1) is 0 Å². The van der Waals surface area contributed by atoms with Gasteiger partial charge >= 0.3 is 0 Å². The SMILES string of the molecule is Nc1ccc(N=Nc2cccc(S(=O)(=O)O)c2)cc1O. The Kier molecular flexibility index (Phi) is 3.68. The molecule has 2 rings (SSSR count). The van der Waals surface area contributed by atoms with Gasteiger partial charge in [-0.3, -0.25) is 4.55 Å². The van der Waals surface area contributed by atoms with E-state index in [9.17, 15) is 13.5 Å². The molecule has 0 saturated carbocycles. The van der Waals surface area contributed by atoms with E-state index in [4.69, 9.17) is 10.3 Å². The van der Waals surface area contributed by atoms with Gasteiger partial charge in [-0.15, -0.1) is 0 Å². The smallest absolute Gasteiger partial charge is 0.294 e. The van der Waals surface area contributed by atoms with Crippen LogP contribution in [0.3, 0.4) is 0 Å². The highest BCUT2D eigenvalue weighted by atomic mass is 32.2. The number of benzene rings is 2. The van der Waals surface area contributed by atoms with Gasteiger partial charge in [0.15, 0.2) is 0 Å². The lowest BCUT2D eigenvalue weighted by Gasteiger charge is -1.99. The summed E-state index contributed by atoms with van der Waals surface area (Å²) < 4.78 is 30.9. The summed E-state index contributed by atoms with van der Waals surface area (Å²) in [6.45, 7) is 0. The topological polar surface area (TPSA) is 125 Å². The molecule has 20 heavy (non-hydrogen) atoms. The third-order valence-electron chi connectivity index (χ3n) is 2.41. The second-order valence-corrected chi connectivity index (χ2v) is 5.34. The standard InChI is InChI=1S/C12H11N3O4S/c13-11-5-4-9(7-12(11)16)15-14-8-2-1-3-10(6-8)20(17,18)19/h1-7,16H,13H2,(H,17,18,19). The van der Waals surface area contributed by atoms with Gasteiger partial charge in [0, 0.05) is 6.07 Å². The van der Waals surface area contributed by atoms with Gasteiger partial charge in [0.2, 0.25) is 0 Å². The number of nitrogens with two attached hydrogens (primary N) is 1. The van der Waals surface area contributed by atoms with Gasteiger partial charge in [-0.2, -0.15) is 18.6 Å². The van der Waals surface area contributed by atoms with Crippen LogP contribution in [0.4, 0.5) is 17.1 Å². The zero-order valence-electron chi connectivity index (χ0n) is 10.1. The average Bonchev–Trinajstić information content (AvgIpc) is 2.39. The van der Waals surface area contributed by atoms with Gasteiger partial charge in [0.1, 0.15) is 5.75 Å². The van der Waals surface area contributed by atoms with E-state index in [1.807, 2.05) is 0 Å². The molecule has 0 radical (unpaired) electrons. The first-order chi connectivity index (χ1) is 9.36. The van der Waals surface area contributed by atoms with Crippen molar-refractivity contribution in [2.75, 3.05) is 5.73 Å². The Morgan fingerprint density at radius 3 is 2.25 bits per heavy atom. The molecule has 2 aromatic carbocycles. The predicted molar refractivity (Wildman–Crippen MR) is 73.0 cm³/mol. The van der Waals surface area contributed by atoms with Crippen molar-refractivity contribution >= 4 is 27.2 Å². The first kappa shape index (κ1) is 14.0. The number of phenols is 1. The van der Waals surface area contributed by atoms with Crippen molar-refractivity contribution in [3.63, 3.8) is 0 Å². The first-order valence-electron chi connectivity index (χ1n) is 5.44. The molecule has 0 amide bonds. The monoisotopic (exact) mass is 293 g/mol. The Labute approximate surface area is 115 Å². The molecular formula is C12H11N3O4S. The lowest BCUT2D eigenvalue weighted by Crippen LogP contribution is -1.96. The van der Waals surface area contributed by atoms with Crippen molar-refractivity contribution in [2.45, 2.75) is 4.90 Å². The minimum atomic E-state index is -4.28. The van der Waals surface area contributed by atoms with Gasteiger partial charge < -0.3 is 10.8 Å². The third-order valence-corrected chi connectivity index (χ3v) is 3.26. The number of phenolic OH excluding ortho intramolecular Hbond substituents is 1. The van der Waals surface area contributed by atoms with Crippen LogP contribution in [-0.4, -0.2) is 18.1 Å². The van der Waals surface area contributed by atoms with Crippen LogP contribution in [0.2, 0.25) is 0 Å². The van der Waals surface area contributed by atoms with Crippen LogP contribution in [0.5, 0.6) is 5.75 Å². The Hall–Kier alpha value is -2.45. The van der Waals surface area contributed by atoms with Crippen LogP contribution >= 0.6 is 0 Å². The van der Waals surface area contributed by atoms with Gasteiger partial charge in [-0.05, 0) is 30.3 Å². The summed E-state index contributed by atoms with van der Waals surface area (Å²) in [7, 11) is -4.28. The number of rotatable bonds is 3. The van der Waals surface area contributed by atoms with E-state index in [0.29, 0.717) is 5.69 Å². The van der Waals surface area contributed by atoms with Gasteiger partial charge in [0.25, 0.3) is 10.1 Å². The maximum atomic E-state index is 11.0. The van der Waals surface area contributed by atoms with Crippen molar-refractivity contribution in [3.8, 4) is 5.75 Å². The molecule has 0 spiro atoms. The molecule has 0 heterocycles. The summed E-state index contributed by atoms with van der Waals surface area (Å²) in [5.74, 6) is -0.117. The van der Waals surface area contributed by atoms with Crippen LogP contribution in [-0.2, 0) is 10.1 Å². The largest absolute Gasteiger partial charge is 0.506 e. The van der Waals surface area contributed by atoms with Gasteiger partial charge in [-0.1, -0.05) is 6.07 Å². The molecule has 0 atom stereocenters. The molecule has 0 aliphatic heterocycles. The summed E-state index contributed by atoms with van der Waals surface area (Å²) in [5, 5.41) is 17.1. The Morgan fingerprint density at radius 2 is 1.65 bits per heavy atom. The number of nitrogens with zero attached hydrogens (tertiary/aromatic N) is 2. The molecule has 0 bridgehead atoms. The molecule has 0 aromatic heterocycles. The van der Waals surface area contributed by atoms with Crippen molar-refractivity contribution in [3.05, 3.63) is 42.5 Å². The average molecular weight is 293 g/mol. The summed E-state index contributed by atoms with van der Waals surface area (Å²) in [6.07, 6.45) is 0. The normalized spacial score (nSPS) is 11.8. The minimum absolute atomic E-state index is 0.117. The zero-order chi connectivity index (χ0) is 14.8. The summed E-state index contributed by atoms with van der Waals surface area (Å²) >= 11 is 0. The Bertz CT molecular complexity index is 772. The fraction of sp³-hybridized carbons (Fsp3) is 0. The molecule has 0 fully saturated rings. The minimum Gasteiger partial charge on any atom is -0.506 e. The van der Waals surface area contributed by atoms with Crippen LogP contribution in [0.25, 0.3) is 0 Å². The van der Waals surface area contributed by atoms with Crippen LogP contribution < -0.4 is 5.73 Å². The van der Waals surface area contributed by atoms with E-state index in [0.717, 1.165) is 0 Å². The maximum absolute atomic E-state index is 11.0. The summed E-state index contributed by atoms with van der Waals surface area (Å²) in [4.78, 5) is -0.269. The number of aromatic hydroxyl groups is 1.